The molecule has 0 aliphatic carbocycles. The van der Waals surface area contributed by atoms with Crippen LogP contribution < -0.4 is 10.1 Å². The van der Waals surface area contributed by atoms with Gasteiger partial charge in [-0.2, -0.15) is 0 Å². The number of carbonyl (C=O) groups is 2. The van der Waals surface area contributed by atoms with Crippen LogP contribution in [-0.4, -0.2) is 30.1 Å². The van der Waals surface area contributed by atoms with Crippen molar-refractivity contribution in [1.29, 1.82) is 0 Å². The third-order valence-electron chi connectivity index (χ3n) is 2.37. The van der Waals surface area contributed by atoms with Gasteiger partial charge in [-0.3, -0.25) is 4.79 Å². The molecule has 0 spiro atoms. The fourth-order valence-corrected chi connectivity index (χ4v) is 1.65. The molecule has 0 aliphatic rings. The largest absolute Gasteiger partial charge is 0.493 e. The van der Waals surface area contributed by atoms with Crippen LogP contribution in [0.5, 0.6) is 5.75 Å². The molecule has 0 radical (unpaired) electrons. The topological polar surface area (TPSA) is 75.6 Å². The number of aliphatic carboxylic acids is 1. The second kappa shape index (κ2) is 6.86. The summed E-state index contributed by atoms with van der Waals surface area (Å²) in [4.78, 5) is 21.0. The van der Waals surface area contributed by atoms with Crippen LogP contribution in [0.25, 0.3) is 0 Å². The summed E-state index contributed by atoms with van der Waals surface area (Å²) in [7, 11) is 0. The van der Waals surface area contributed by atoms with Crippen molar-refractivity contribution in [2.24, 2.45) is 0 Å². The second-order valence-electron chi connectivity index (χ2n) is 3.72. The Kier molecular flexibility index (Phi) is 5.45. The molecule has 2 N–H and O–H groups in total. The molecule has 1 atom stereocenters. The molecule has 1 unspecified atom stereocenters. The number of carboxylic acid groups (broad SMARTS) is 1. The molecule has 1 aromatic carbocycles. The lowest BCUT2D eigenvalue weighted by molar-refractivity contribution is -0.140. The highest BCUT2D eigenvalue weighted by Crippen LogP contribution is 2.21. The Bertz CT molecular complexity index is 436. The lowest BCUT2D eigenvalue weighted by Crippen LogP contribution is -2.36. The Morgan fingerprint density at radius 1 is 1.61 bits per heavy atom. The molecule has 0 saturated carbocycles. The number of halogens is 1. The van der Waals surface area contributed by atoms with Crippen molar-refractivity contribution in [2.45, 2.75) is 19.4 Å². The van der Waals surface area contributed by atoms with Crippen molar-refractivity contribution in [1.82, 2.24) is 5.32 Å². The molecule has 18 heavy (non-hydrogen) atoms. The molecule has 1 amide bonds. The van der Waals surface area contributed by atoms with Crippen LogP contribution in [0, 0.1) is 6.92 Å². The summed E-state index contributed by atoms with van der Waals surface area (Å²) in [5, 5.41) is 11.6. The maximum Gasteiger partial charge on any atom is 0.326 e. The molecule has 0 bridgehead atoms. The summed E-state index contributed by atoms with van der Waals surface area (Å²) >= 11 is 5.80. The standard InChI is InChI=1S/C12H14ClNO4/c1-8-6-9(13)2-3-11(8)18-5-4-10(12(16)17)14-7-15/h2-3,6-7,10H,4-5H2,1H3,(H,14,15)(H,16,17). The quantitative estimate of drug-likeness (QED) is 0.739. The summed E-state index contributed by atoms with van der Waals surface area (Å²) in [6, 6.07) is 4.24. The number of aryl methyl sites for hydroxylation is 1. The van der Waals surface area contributed by atoms with E-state index in [1.807, 2.05) is 6.92 Å². The van der Waals surface area contributed by atoms with E-state index in [1.165, 1.54) is 0 Å². The van der Waals surface area contributed by atoms with Gasteiger partial charge in [-0.15, -0.1) is 0 Å². The minimum atomic E-state index is -1.08. The van der Waals surface area contributed by atoms with E-state index >= 15 is 0 Å². The van der Waals surface area contributed by atoms with E-state index in [9.17, 15) is 9.59 Å². The smallest absolute Gasteiger partial charge is 0.326 e. The predicted molar refractivity (Wildman–Crippen MR) is 66.9 cm³/mol. The molecular weight excluding hydrogens is 258 g/mol. The summed E-state index contributed by atoms with van der Waals surface area (Å²) in [5.74, 6) is -0.437. The molecule has 0 aliphatic heterocycles. The van der Waals surface area contributed by atoms with Gasteiger partial charge in [0.2, 0.25) is 6.41 Å². The van der Waals surface area contributed by atoms with E-state index in [0.717, 1.165) is 5.56 Å². The number of amides is 1. The van der Waals surface area contributed by atoms with Gasteiger partial charge in [0.15, 0.2) is 0 Å². The van der Waals surface area contributed by atoms with Crippen molar-refractivity contribution >= 4 is 24.0 Å². The number of nitrogens with one attached hydrogen (secondary N) is 1. The van der Waals surface area contributed by atoms with Crippen LogP contribution in [0.3, 0.4) is 0 Å². The number of rotatable bonds is 7. The van der Waals surface area contributed by atoms with Gasteiger partial charge in [0.1, 0.15) is 11.8 Å². The number of hydrogen-bond acceptors (Lipinski definition) is 3. The zero-order chi connectivity index (χ0) is 13.5. The van der Waals surface area contributed by atoms with Crippen molar-refractivity contribution in [3.63, 3.8) is 0 Å². The molecule has 1 aromatic rings. The van der Waals surface area contributed by atoms with Crippen molar-refractivity contribution < 1.29 is 19.4 Å². The Labute approximate surface area is 110 Å². The second-order valence-corrected chi connectivity index (χ2v) is 4.16. The zero-order valence-corrected chi connectivity index (χ0v) is 10.6. The van der Waals surface area contributed by atoms with Crippen molar-refractivity contribution in [3.8, 4) is 5.75 Å². The molecule has 0 heterocycles. The normalized spacial score (nSPS) is 11.7. The molecule has 5 nitrogen and oxygen atoms in total. The average molecular weight is 272 g/mol. The van der Waals surface area contributed by atoms with Crippen molar-refractivity contribution in [3.05, 3.63) is 28.8 Å². The minimum absolute atomic E-state index is 0.191. The Morgan fingerprint density at radius 2 is 2.33 bits per heavy atom. The van der Waals surface area contributed by atoms with E-state index in [0.29, 0.717) is 17.2 Å². The number of carbonyl (C=O) groups excluding carboxylic acids is 1. The van der Waals surface area contributed by atoms with E-state index in [-0.39, 0.29) is 13.0 Å². The lowest BCUT2D eigenvalue weighted by atomic mass is 10.2. The van der Waals surface area contributed by atoms with Crippen LogP contribution in [-0.2, 0) is 9.59 Å². The maximum absolute atomic E-state index is 10.7. The van der Waals surface area contributed by atoms with E-state index in [2.05, 4.69) is 5.32 Å². The summed E-state index contributed by atoms with van der Waals surface area (Å²) in [6.45, 7) is 2.04. The van der Waals surface area contributed by atoms with Crippen molar-refractivity contribution in [2.75, 3.05) is 6.61 Å². The van der Waals surface area contributed by atoms with Gasteiger partial charge in [-0.25, -0.2) is 4.79 Å². The van der Waals surface area contributed by atoms with Crippen LogP contribution in [0.2, 0.25) is 5.02 Å². The number of carboxylic acids is 1. The van der Waals surface area contributed by atoms with E-state index < -0.39 is 12.0 Å². The molecule has 0 fully saturated rings. The first-order valence-corrected chi connectivity index (χ1v) is 5.74. The van der Waals surface area contributed by atoms with Crippen LogP contribution >= 0.6 is 11.6 Å². The summed E-state index contributed by atoms with van der Waals surface area (Å²) < 4.78 is 5.44. The monoisotopic (exact) mass is 271 g/mol. The lowest BCUT2D eigenvalue weighted by Gasteiger charge is -2.13. The van der Waals surface area contributed by atoms with Gasteiger partial charge in [0, 0.05) is 11.4 Å². The highest BCUT2D eigenvalue weighted by atomic mass is 35.5. The Morgan fingerprint density at radius 3 is 2.89 bits per heavy atom. The highest BCUT2D eigenvalue weighted by molar-refractivity contribution is 6.30. The van der Waals surface area contributed by atoms with Gasteiger partial charge in [-0.1, -0.05) is 11.6 Å². The zero-order valence-electron chi connectivity index (χ0n) is 9.85. The fraction of sp³-hybridized carbons (Fsp3) is 0.333. The minimum Gasteiger partial charge on any atom is -0.493 e. The van der Waals surface area contributed by atoms with Gasteiger partial charge in [0.05, 0.1) is 6.61 Å². The molecule has 1 rings (SSSR count). The summed E-state index contributed by atoms with van der Waals surface area (Å²) in [5.41, 5.74) is 0.873. The van der Waals surface area contributed by atoms with Gasteiger partial charge in [-0.05, 0) is 30.7 Å². The first-order chi connectivity index (χ1) is 8.54. The van der Waals surface area contributed by atoms with Crippen LogP contribution in [0.15, 0.2) is 18.2 Å². The molecule has 0 aromatic heterocycles. The maximum atomic E-state index is 10.7. The fourth-order valence-electron chi connectivity index (χ4n) is 1.42. The Balaban J connectivity index is 2.49. The predicted octanol–water partition coefficient (Wildman–Crippen LogP) is 1.62. The molecular formula is C12H14ClNO4. The van der Waals surface area contributed by atoms with E-state index in [4.69, 9.17) is 21.4 Å². The van der Waals surface area contributed by atoms with Gasteiger partial charge < -0.3 is 15.2 Å². The molecule has 98 valence electrons. The highest BCUT2D eigenvalue weighted by Gasteiger charge is 2.16. The van der Waals surface area contributed by atoms with Crippen LogP contribution in [0.4, 0.5) is 0 Å². The first kappa shape index (κ1) is 14.3. The summed E-state index contributed by atoms with van der Waals surface area (Å²) in [6.07, 6.45) is 0.558. The van der Waals surface area contributed by atoms with Gasteiger partial charge in [0.25, 0.3) is 0 Å². The number of ether oxygens (including phenoxy) is 1. The van der Waals surface area contributed by atoms with E-state index in [1.54, 1.807) is 18.2 Å². The van der Waals surface area contributed by atoms with Gasteiger partial charge >= 0.3 is 5.97 Å². The third kappa shape index (κ3) is 4.25. The SMILES string of the molecule is Cc1cc(Cl)ccc1OCCC(NC=O)C(=O)O. The number of benzene rings is 1. The first-order valence-electron chi connectivity index (χ1n) is 5.36. The van der Waals surface area contributed by atoms with Crippen LogP contribution in [0.1, 0.15) is 12.0 Å². The third-order valence-corrected chi connectivity index (χ3v) is 2.60. The number of hydrogen-bond donors (Lipinski definition) is 2. The average Bonchev–Trinajstić information content (AvgIpc) is 2.30. The molecule has 0 saturated heterocycles. The molecule has 6 heteroatoms. The Hall–Kier alpha value is -1.75.